The Balaban J connectivity index is 1.52. The third-order valence-electron chi connectivity index (χ3n) is 4.70. The van der Waals surface area contributed by atoms with Crippen molar-refractivity contribution < 1.29 is 14.3 Å². The largest absolute Gasteiger partial charge is 0.495 e. The molecule has 1 saturated heterocycles. The second kappa shape index (κ2) is 8.67. The number of likely N-dealkylation sites (tertiary alicyclic amines) is 1. The van der Waals surface area contributed by atoms with Gasteiger partial charge in [-0.3, -0.25) is 9.69 Å². The molecule has 1 aliphatic rings. The minimum absolute atomic E-state index is 0.0226. The first-order chi connectivity index (χ1) is 12.7. The zero-order valence-corrected chi connectivity index (χ0v) is 15.3. The van der Waals surface area contributed by atoms with Crippen LogP contribution in [0.3, 0.4) is 0 Å². The third kappa shape index (κ3) is 4.52. The van der Waals surface area contributed by atoms with Crippen LogP contribution < -0.4 is 14.8 Å². The second-order valence-electron chi connectivity index (χ2n) is 6.41. The number of nitrogens with zero attached hydrogens (tertiary/aromatic N) is 2. The number of rotatable bonds is 6. The minimum atomic E-state index is 0.0226. The average Bonchev–Trinajstić information content (AvgIpc) is 2.69. The molecule has 1 amide bonds. The van der Waals surface area contributed by atoms with Crippen molar-refractivity contribution in [2.45, 2.75) is 19.4 Å². The van der Waals surface area contributed by atoms with Gasteiger partial charge in [-0.1, -0.05) is 18.2 Å². The monoisotopic (exact) mass is 355 g/mol. The lowest BCUT2D eigenvalue weighted by Crippen LogP contribution is -2.38. The zero-order chi connectivity index (χ0) is 18.4. The maximum atomic E-state index is 12.6. The van der Waals surface area contributed by atoms with Crippen molar-refractivity contribution in [1.29, 1.82) is 0 Å². The highest BCUT2D eigenvalue weighted by atomic mass is 16.5. The van der Waals surface area contributed by atoms with E-state index in [0.29, 0.717) is 11.6 Å². The quantitative estimate of drug-likeness (QED) is 0.863. The number of hydrogen-bond donors (Lipinski definition) is 1. The van der Waals surface area contributed by atoms with Crippen LogP contribution in [0.2, 0.25) is 0 Å². The Bertz CT molecular complexity index is 743. The highest BCUT2D eigenvalue weighted by molar-refractivity contribution is 5.94. The van der Waals surface area contributed by atoms with Crippen LogP contribution in [0.5, 0.6) is 11.6 Å². The SMILES string of the molecule is COc1cccc(CN2CCC(C(=O)Nc3ccccc3OC)CC2)n1. The normalized spacial score (nSPS) is 15.5. The van der Waals surface area contributed by atoms with E-state index in [-0.39, 0.29) is 11.8 Å². The van der Waals surface area contributed by atoms with Crippen molar-refractivity contribution in [2.24, 2.45) is 5.92 Å². The highest BCUT2D eigenvalue weighted by Crippen LogP contribution is 2.26. The molecule has 0 bridgehead atoms. The number of aromatic nitrogens is 1. The molecule has 6 nitrogen and oxygen atoms in total. The van der Waals surface area contributed by atoms with Crippen LogP contribution in [0.4, 0.5) is 5.69 Å². The van der Waals surface area contributed by atoms with Crippen molar-refractivity contribution in [3.63, 3.8) is 0 Å². The summed E-state index contributed by atoms with van der Waals surface area (Å²) >= 11 is 0. The molecule has 0 aliphatic carbocycles. The third-order valence-corrected chi connectivity index (χ3v) is 4.70. The Morgan fingerprint density at radius 1 is 1.12 bits per heavy atom. The number of methoxy groups -OCH3 is 2. The van der Waals surface area contributed by atoms with E-state index >= 15 is 0 Å². The molecule has 1 aliphatic heterocycles. The minimum Gasteiger partial charge on any atom is -0.495 e. The molecule has 6 heteroatoms. The highest BCUT2D eigenvalue weighted by Gasteiger charge is 2.25. The van der Waals surface area contributed by atoms with E-state index in [1.165, 1.54) is 0 Å². The molecule has 1 fully saturated rings. The standard InChI is InChI=1S/C20H25N3O3/c1-25-18-8-4-3-7-17(18)22-20(24)15-10-12-23(13-11-15)14-16-6-5-9-19(21-16)26-2/h3-9,15H,10-14H2,1-2H3,(H,22,24). The van der Waals surface area contributed by atoms with Crippen LogP contribution in [-0.2, 0) is 11.3 Å². The van der Waals surface area contributed by atoms with Crippen LogP contribution >= 0.6 is 0 Å². The van der Waals surface area contributed by atoms with Gasteiger partial charge in [0.2, 0.25) is 11.8 Å². The van der Waals surface area contributed by atoms with E-state index in [2.05, 4.69) is 15.2 Å². The fraction of sp³-hybridized carbons (Fsp3) is 0.400. The Labute approximate surface area is 154 Å². The molecule has 0 radical (unpaired) electrons. The Morgan fingerprint density at radius 3 is 2.62 bits per heavy atom. The number of piperidine rings is 1. The van der Waals surface area contributed by atoms with E-state index in [1.54, 1.807) is 14.2 Å². The lowest BCUT2D eigenvalue weighted by atomic mass is 9.95. The molecular weight excluding hydrogens is 330 g/mol. The van der Waals surface area contributed by atoms with Crippen molar-refractivity contribution in [3.05, 3.63) is 48.2 Å². The fourth-order valence-corrected chi connectivity index (χ4v) is 3.22. The molecule has 0 unspecified atom stereocenters. The van der Waals surface area contributed by atoms with E-state index in [9.17, 15) is 4.79 Å². The number of amides is 1. The van der Waals surface area contributed by atoms with Gasteiger partial charge in [-0.15, -0.1) is 0 Å². The van der Waals surface area contributed by atoms with Crippen LogP contribution in [-0.4, -0.2) is 43.1 Å². The Kier molecular flexibility index (Phi) is 6.07. The Morgan fingerprint density at radius 2 is 1.88 bits per heavy atom. The zero-order valence-electron chi connectivity index (χ0n) is 15.3. The first kappa shape index (κ1) is 18.2. The molecule has 3 rings (SSSR count). The molecule has 0 spiro atoms. The van der Waals surface area contributed by atoms with E-state index in [0.717, 1.165) is 43.9 Å². The smallest absolute Gasteiger partial charge is 0.227 e. The molecule has 0 saturated carbocycles. The molecule has 1 aromatic carbocycles. The number of anilines is 1. The van der Waals surface area contributed by atoms with Gasteiger partial charge >= 0.3 is 0 Å². The predicted molar refractivity (Wildman–Crippen MR) is 100 cm³/mol. The number of ether oxygens (including phenoxy) is 2. The first-order valence-electron chi connectivity index (χ1n) is 8.85. The van der Waals surface area contributed by atoms with Crippen LogP contribution in [0.25, 0.3) is 0 Å². The average molecular weight is 355 g/mol. The summed E-state index contributed by atoms with van der Waals surface area (Å²) in [5.74, 6) is 1.40. The number of benzene rings is 1. The number of hydrogen-bond acceptors (Lipinski definition) is 5. The van der Waals surface area contributed by atoms with Gasteiger partial charge < -0.3 is 14.8 Å². The molecule has 2 aromatic rings. The van der Waals surface area contributed by atoms with Gasteiger partial charge in [-0.25, -0.2) is 4.98 Å². The van der Waals surface area contributed by atoms with Crippen LogP contribution in [0.15, 0.2) is 42.5 Å². The summed E-state index contributed by atoms with van der Waals surface area (Å²) in [7, 11) is 3.23. The van der Waals surface area contributed by atoms with Gasteiger partial charge in [-0.2, -0.15) is 0 Å². The number of para-hydroxylation sites is 2. The van der Waals surface area contributed by atoms with Crippen molar-refractivity contribution in [2.75, 3.05) is 32.6 Å². The van der Waals surface area contributed by atoms with Gasteiger partial charge in [0.25, 0.3) is 0 Å². The summed E-state index contributed by atoms with van der Waals surface area (Å²) in [6.07, 6.45) is 1.68. The fourth-order valence-electron chi connectivity index (χ4n) is 3.22. The lowest BCUT2D eigenvalue weighted by Gasteiger charge is -2.31. The molecular formula is C20H25N3O3. The van der Waals surface area contributed by atoms with E-state index in [1.807, 2.05) is 42.5 Å². The summed E-state index contributed by atoms with van der Waals surface area (Å²) in [6.45, 7) is 2.53. The number of pyridine rings is 1. The summed E-state index contributed by atoms with van der Waals surface area (Å²) in [5.41, 5.74) is 1.71. The van der Waals surface area contributed by atoms with Gasteiger partial charge in [0.1, 0.15) is 5.75 Å². The topological polar surface area (TPSA) is 63.7 Å². The number of nitrogens with one attached hydrogen (secondary N) is 1. The van der Waals surface area contributed by atoms with E-state index < -0.39 is 0 Å². The number of carbonyl (C=O) groups is 1. The van der Waals surface area contributed by atoms with Crippen molar-refractivity contribution >= 4 is 11.6 Å². The summed E-state index contributed by atoms with van der Waals surface area (Å²) in [4.78, 5) is 19.4. The summed E-state index contributed by atoms with van der Waals surface area (Å²) in [5, 5.41) is 3.00. The lowest BCUT2D eigenvalue weighted by molar-refractivity contribution is -0.121. The molecule has 138 valence electrons. The van der Waals surface area contributed by atoms with Crippen LogP contribution in [0.1, 0.15) is 18.5 Å². The Hall–Kier alpha value is -2.60. The molecule has 0 atom stereocenters. The van der Waals surface area contributed by atoms with Gasteiger partial charge in [-0.05, 0) is 44.1 Å². The second-order valence-corrected chi connectivity index (χ2v) is 6.41. The van der Waals surface area contributed by atoms with Crippen molar-refractivity contribution in [1.82, 2.24) is 9.88 Å². The van der Waals surface area contributed by atoms with Gasteiger partial charge in [0.05, 0.1) is 25.6 Å². The summed E-state index contributed by atoms with van der Waals surface area (Å²) in [6, 6.07) is 13.3. The number of carbonyl (C=O) groups excluding carboxylic acids is 1. The molecule has 1 N–H and O–H groups in total. The van der Waals surface area contributed by atoms with Gasteiger partial charge in [0, 0.05) is 18.5 Å². The van der Waals surface area contributed by atoms with E-state index in [4.69, 9.17) is 9.47 Å². The molecule has 2 heterocycles. The predicted octanol–water partition coefficient (Wildman–Crippen LogP) is 2.95. The van der Waals surface area contributed by atoms with Crippen LogP contribution in [0, 0.1) is 5.92 Å². The first-order valence-corrected chi connectivity index (χ1v) is 8.85. The van der Waals surface area contributed by atoms with Crippen molar-refractivity contribution in [3.8, 4) is 11.6 Å². The molecule has 1 aromatic heterocycles. The summed E-state index contributed by atoms with van der Waals surface area (Å²) < 4.78 is 10.5. The maximum absolute atomic E-state index is 12.6. The maximum Gasteiger partial charge on any atom is 0.227 e. The molecule has 26 heavy (non-hydrogen) atoms. The van der Waals surface area contributed by atoms with Gasteiger partial charge in [0.15, 0.2) is 0 Å².